The minimum absolute atomic E-state index is 0. The average Bonchev–Trinajstić information content (AvgIpc) is 3.00. The van der Waals surface area contributed by atoms with E-state index in [0.29, 0.717) is 5.57 Å². The van der Waals surface area contributed by atoms with Crippen molar-refractivity contribution in [3.8, 4) is 0 Å². The largest absolute Gasteiger partial charge is 0.477 e. The van der Waals surface area contributed by atoms with Crippen LogP contribution in [0.3, 0.4) is 0 Å². The second-order valence-corrected chi connectivity index (χ2v) is 6.24. The molecule has 2 heterocycles. The molecular weight excluding hydrogens is 606 g/mol. The smallest absolute Gasteiger partial charge is 0.432 e. The summed E-state index contributed by atoms with van der Waals surface area (Å²) in [7, 11) is 0. The minimum atomic E-state index is -4.66. The number of allylic oxidation sites excluding steroid dienone is 3. The summed E-state index contributed by atoms with van der Waals surface area (Å²) in [6.07, 6.45) is 2.69. The number of aliphatic imine (C=N–C) groups is 1. The van der Waals surface area contributed by atoms with Crippen molar-refractivity contribution in [2.45, 2.75) is 31.3 Å². The van der Waals surface area contributed by atoms with Crippen molar-refractivity contribution >= 4 is 11.7 Å². The van der Waals surface area contributed by atoms with Crippen LogP contribution in [0.4, 0.5) is 13.2 Å². The summed E-state index contributed by atoms with van der Waals surface area (Å²) >= 11 is 0. The molecule has 1 aliphatic carbocycles. The molecule has 2 unspecified atom stereocenters. The SMILES string of the molecule is CC12[CH-]C=CC=C1C(C(O)Cn1cccc1C(=O)O)=CC(C(F)(F)F)=N2.[Fm]. The number of dihydropyridines is 1. The fraction of sp³-hybridized carbons (Fsp3) is 0.278. The number of rotatable bonds is 4. The number of halogens is 3. The summed E-state index contributed by atoms with van der Waals surface area (Å²) in [6.45, 7) is 1.34. The maximum atomic E-state index is 13.3. The summed E-state index contributed by atoms with van der Waals surface area (Å²) < 4.78 is 41.1. The first-order chi connectivity index (χ1) is 12.1. The number of carboxylic acid groups (broad SMARTS) is 1. The molecule has 9 heteroatoms. The van der Waals surface area contributed by atoms with Gasteiger partial charge in [0.2, 0.25) is 0 Å². The van der Waals surface area contributed by atoms with Gasteiger partial charge in [-0.05, 0) is 36.3 Å². The van der Waals surface area contributed by atoms with E-state index in [2.05, 4.69) is 4.99 Å². The number of alkyl halides is 3. The van der Waals surface area contributed by atoms with E-state index in [9.17, 15) is 23.1 Å². The van der Waals surface area contributed by atoms with Gasteiger partial charge in [-0.25, -0.2) is 16.9 Å². The molecule has 0 radical (unpaired) electrons. The number of aromatic carboxylic acids is 1. The summed E-state index contributed by atoms with van der Waals surface area (Å²) in [5.41, 5.74) is -1.86. The predicted octanol–water partition coefficient (Wildman–Crippen LogP) is 2.95. The summed E-state index contributed by atoms with van der Waals surface area (Å²) in [4.78, 5) is 15.0. The molecule has 150 valence electrons. The van der Waals surface area contributed by atoms with Crippen molar-refractivity contribution in [2.24, 2.45) is 4.99 Å². The van der Waals surface area contributed by atoms with Crippen LogP contribution in [0.1, 0.15) is 17.4 Å². The molecule has 1 aromatic rings. The van der Waals surface area contributed by atoms with Gasteiger partial charge in [-0.15, -0.1) is 6.08 Å². The van der Waals surface area contributed by atoms with E-state index in [1.807, 2.05) is 0 Å². The number of hydrogen-bond donors (Lipinski definition) is 2. The third-order valence-electron chi connectivity index (χ3n) is 4.36. The van der Waals surface area contributed by atoms with Gasteiger partial charge in [0.05, 0.1) is 12.6 Å². The molecule has 0 fully saturated rings. The molecule has 0 bridgehead atoms. The van der Waals surface area contributed by atoms with E-state index in [0.717, 1.165) is 6.08 Å². The van der Waals surface area contributed by atoms with Gasteiger partial charge in [0.25, 0.3) is 0 Å². The maximum Gasteiger partial charge on any atom is 0.432 e. The molecule has 1 aromatic heterocycles. The van der Waals surface area contributed by atoms with Gasteiger partial charge in [-0.3, -0.25) is 4.99 Å². The van der Waals surface area contributed by atoms with Crippen LogP contribution in [0.15, 0.2) is 58.8 Å². The molecule has 0 aromatic carbocycles. The molecular formula is C18H16F3FmN2O3-. The number of nitrogens with zero attached hydrogens (tertiary/aromatic N) is 2. The molecule has 3 rings (SSSR count). The summed E-state index contributed by atoms with van der Waals surface area (Å²) in [5, 5.41) is 19.8. The number of carboxylic acids is 1. The van der Waals surface area contributed by atoms with E-state index in [4.69, 9.17) is 5.11 Å². The van der Waals surface area contributed by atoms with Crippen molar-refractivity contribution in [1.82, 2.24) is 4.57 Å². The Kier molecular flexibility index (Phi) is 4.73. The zero-order chi connectivity index (χ0) is 19.1. The molecule has 1 aliphatic heterocycles. The number of carbonyl (C=O) groups is 1. The molecule has 5 nitrogen and oxygen atoms in total. The van der Waals surface area contributed by atoms with Gasteiger partial charge in [-0.2, -0.15) is 19.6 Å². The van der Waals surface area contributed by atoms with E-state index in [1.54, 1.807) is 18.2 Å². The van der Waals surface area contributed by atoms with E-state index >= 15 is 0 Å². The van der Waals surface area contributed by atoms with Gasteiger partial charge in [0.1, 0.15) is 11.4 Å². The van der Waals surface area contributed by atoms with Crippen molar-refractivity contribution in [3.63, 3.8) is 0 Å². The Bertz CT molecular complexity index is 867. The number of fused-ring (bicyclic) bond motifs is 1. The second-order valence-electron chi connectivity index (χ2n) is 6.24. The zero-order valence-corrected chi connectivity index (χ0v) is 16.4. The Labute approximate surface area is 147 Å². The molecule has 0 spiro atoms. The minimum Gasteiger partial charge on any atom is -0.477 e. The van der Waals surface area contributed by atoms with Gasteiger partial charge >= 0.3 is 12.1 Å². The van der Waals surface area contributed by atoms with Crippen molar-refractivity contribution in [1.29, 1.82) is 0 Å². The Morgan fingerprint density at radius 2 is 2.15 bits per heavy atom. The third kappa shape index (κ3) is 3.48. The van der Waals surface area contributed by atoms with Gasteiger partial charge in [-0.1, -0.05) is 0 Å². The quantitative estimate of drug-likeness (QED) is 0.508. The van der Waals surface area contributed by atoms with Crippen LogP contribution < -0.4 is 0 Å². The first-order valence-electron chi connectivity index (χ1n) is 7.81. The van der Waals surface area contributed by atoms with Crippen molar-refractivity contribution in [3.05, 3.63) is 65.9 Å². The molecule has 0 saturated heterocycles. The van der Waals surface area contributed by atoms with Crippen LogP contribution in [0.5, 0.6) is 0 Å². The standard InChI is InChI=1S/C18H16F3N2O3.Fm/c1-17-7-3-2-5-12(17)11(9-15(22-17)18(19,20)21)14(24)10-23-8-4-6-13(23)16(25)26;/h2-9,14,24H,10H2,1H3,(H,25,26);/q-1;. The normalized spacial score (nSPS) is 22.5. The second kappa shape index (κ2) is 6.53. The monoisotopic (exact) mass is 622 g/mol. The topological polar surface area (TPSA) is 74.8 Å². The molecule has 27 heavy (non-hydrogen) atoms. The van der Waals surface area contributed by atoms with Crippen LogP contribution in [-0.4, -0.2) is 44.3 Å². The van der Waals surface area contributed by atoms with Crippen LogP contribution in [0.2, 0.25) is 0 Å². The van der Waals surface area contributed by atoms with Crippen LogP contribution in [0.25, 0.3) is 0 Å². The van der Waals surface area contributed by atoms with Gasteiger partial charge in [0, 0.05) is 11.7 Å². The first kappa shape index (κ1) is 19.6. The van der Waals surface area contributed by atoms with Crippen LogP contribution >= 0.6 is 0 Å². The van der Waals surface area contributed by atoms with Crippen LogP contribution in [-0.2, 0) is 6.54 Å². The number of aliphatic hydroxyl groups excluding tert-OH is 1. The van der Waals surface area contributed by atoms with E-state index < -0.39 is 29.5 Å². The fourth-order valence-electron chi connectivity index (χ4n) is 3.12. The third-order valence-corrected chi connectivity index (χ3v) is 4.36. The first-order valence-corrected chi connectivity index (χ1v) is 7.81. The average molecular weight is 622 g/mol. The van der Waals surface area contributed by atoms with E-state index in [1.165, 1.54) is 36.2 Å². The summed E-state index contributed by atoms with van der Waals surface area (Å²) in [5.74, 6) is -1.18. The zero-order valence-electron chi connectivity index (χ0n) is 14.0. The van der Waals surface area contributed by atoms with Crippen LogP contribution in [0, 0.1) is 6.42 Å². The number of aromatic nitrogens is 1. The molecule has 2 N–H and O–H groups in total. The van der Waals surface area contributed by atoms with E-state index in [-0.39, 0.29) is 17.8 Å². The Morgan fingerprint density at radius 3 is 2.78 bits per heavy atom. The van der Waals surface area contributed by atoms with Gasteiger partial charge < -0.3 is 14.8 Å². The van der Waals surface area contributed by atoms with Crippen molar-refractivity contribution < 1.29 is 28.2 Å². The molecule has 0 amide bonds. The van der Waals surface area contributed by atoms with Gasteiger partial charge in [0.15, 0.2) is 0 Å². The van der Waals surface area contributed by atoms with Crippen molar-refractivity contribution in [2.75, 3.05) is 0 Å². The summed E-state index contributed by atoms with van der Waals surface area (Å²) in [6, 6.07) is 2.85. The Balaban J connectivity index is 0.00000261. The Hall–Kier alpha value is -3.74. The molecule has 0 saturated carbocycles. The molecule has 2 aliphatic rings. The Morgan fingerprint density at radius 1 is 1.44 bits per heavy atom. The predicted molar refractivity (Wildman–Crippen MR) is 88.9 cm³/mol. The molecule has 2 atom stereocenters. The fourth-order valence-corrected chi connectivity index (χ4v) is 3.12. The maximum absolute atomic E-state index is 13.3. The number of aliphatic hydroxyl groups is 1. The number of hydrogen-bond acceptors (Lipinski definition) is 3.